The smallest absolute Gasteiger partial charge is 0.191 e. The van der Waals surface area contributed by atoms with Crippen molar-refractivity contribution in [1.29, 1.82) is 0 Å². The normalized spacial score (nSPS) is 22.6. The summed E-state index contributed by atoms with van der Waals surface area (Å²) in [6.45, 7) is 1.99. The van der Waals surface area contributed by atoms with Crippen LogP contribution in [-0.4, -0.2) is 23.1 Å². The first kappa shape index (κ1) is 15.5. The molecule has 1 fully saturated rings. The molecule has 1 saturated heterocycles. The summed E-state index contributed by atoms with van der Waals surface area (Å²) >= 11 is 1.36. The standard InChI is InChI=1S/C16H22O3S/c1-2-20-16(17)12-15-11-10-14(18-19-15)9-8-13-6-4-3-5-7-13/h3-7,14-15H,2,8-12H2,1H3. The second-order valence-corrected chi connectivity index (χ2v) is 6.37. The van der Waals surface area contributed by atoms with Crippen molar-refractivity contribution in [3.05, 3.63) is 35.9 Å². The van der Waals surface area contributed by atoms with Crippen LogP contribution < -0.4 is 0 Å². The lowest BCUT2D eigenvalue weighted by Crippen LogP contribution is -2.29. The molecule has 0 bridgehead atoms. The molecule has 4 heteroatoms. The van der Waals surface area contributed by atoms with E-state index in [1.165, 1.54) is 17.3 Å². The molecule has 0 radical (unpaired) electrons. The van der Waals surface area contributed by atoms with Gasteiger partial charge in [0, 0.05) is 6.42 Å². The summed E-state index contributed by atoms with van der Waals surface area (Å²) < 4.78 is 0. The summed E-state index contributed by atoms with van der Waals surface area (Å²) in [7, 11) is 0. The van der Waals surface area contributed by atoms with Crippen molar-refractivity contribution in [2.45, 2.75) is 51.2 Å². The van der Waals surface area contributed by atoms with E-state index in [0.717, 1.165) is 31.4 Å². The first-order valence-electron chi connectivity index (χ1n) is 7.29. The average molecular weight is 294 g/mol. The summed E-state index contributed by atoms with van der Waals surface area (Å²) in [5, 5.41) is 0.198. The number of rotatable bonds is 6. The second-order valence-electron chi connectivity index (χ2n) is 5.05. The molecule has 1 heterocycles. The van der Waals surface area contributed by atoms with Gasteiger partial charge in [-0.15, -0.1) is 0 Å². The Morgan fingerprint density at radius 1 is 1.20 bits per heavy atom. The van der Waals surface area contributed by atoms with Gasteiger partial charge >= 0.3 is 0 Å². The van der Waals surface area contributed by atoms with E-state index in [1.807, 2.05) is 13.0 Å². The fourth-order valence-corrected chi connectivity index (χ4v) is 2.96. The minimum Gasteiger partial charge on any atom is -0.287 e. The van der Waals surface area contributed by atoms with Crippen molar-refractivity contribution in [2.24, 2.45) is 0 Å². The van der Waals surface area contributed by atoms with Crippen LogP contribution in [0, 0.1) is 0 Å². The monoisotopic (exact) mass is 294 g/mol. The molecule has 0 aromatic heterocycles. The molecular formula is C16H22O3S. The van der Waals surface area contributed by atoms with Gasteiger partial charge in [-0.2, -0.15) is 0 Å². The van der Waals surface area contributed by atoms with E-state index in [0.29, 0.717) is 6.42 Å². The molecule has 2 atom stereocenters. The number of hydrogen-bond acceptors (Lipinski definition) is 4. The molecule has 0 spiro atoms. The molecule has 20 heavy (non-hydrogen) atoms. The fraction of sp³-hybridized carbons (Fsp3) is 0.562. The van der Waals surface area contributed by atoms with Crippen LogP contribution >= 0.6 is 11.8 Å². The topological polar surface area (TPSA) is 35.5 Å². The SMILES string of the molecule is CCSC(=O)CC1CCC(CCc2ccccc2)OO1. The van der Waals surface area contributed by atoms with Crippen molar-refractivity contribution >= 4 is 16.9 Å². The van der Waals surface area contributed by atoms with Gasteiger partial charge < -0.3 is 0 Å². The minimum atomic E-state index is -0.0606. The van der Waals surface area contributed by atoms with Crippen LogP contribution in [-0.2, 0) is 21.0 Å². The molecule has 1 aliphatic heterocycles. The molecular weight excluding hydrogens is 272 g/mol. The van der Waals surface area contributed by atoms with Gasteiger partial charge in [-0.1, -0.05) is 49.0 Å². The van der Waals surface area contributed by atoms with Crippen molar-refractivity contribution in [3.8, 4) is 0 Å². The van der Waals surface area contributed by atoms with Gasteiger partial charge in [0.25, 0.3) is 0 Å². The van der Waals surface area contributed by atoms with E-state index < -0.39 is 0 Å². The Morgan fingerprint density at radius 3 is 2.55 bits per heavy atom. The van der Waals surface area contributed by atoms with Gasteiger partial charge in [-0.3, -0.25) is 4.79 Å². The maximum absolute atomic E-state index is 11.5. The Morgan fingerprint density at radius 2 is 1.90 bits per heavy atom. The number of thioether (sulfide) groups is 1. The molecule has 1 aliphatic rings. The molecule has 110 valence electrons. The van der Waals surface area contributed by atoms with E-state index in [2.05, 4.69) is 24.3 Å². The lowest BCUT2D eigenvalue weighted by atomic mass is 10.0. The van der Waals surface area contributed by atoms with Crippen LogP contribution in [0.15, 0.2) is 30.3 Å². The highest BCUT2D eigenvalue weighted by atomic mass is 32.2. The lowest BCUT2D eigenvalue weighted by Gasteiger charge is -2.27. The average Bonchev–Trinajstić information content (AvgIpc) is 2.48. The highest BCUT2D eigenvalue weighted by Gasteiger charge is 2.25. The van der Waals surface area contributed by atoms with Crippen LogP contribution in [0.3, 0.4) is 0 Å². The highest BCUT2D eigenvalue weighted by Crippen LogP contribution is 2.24. The van der Waals surface area contributed by atoms with E-state index >= 15 is 0 Å². The van der Waals surface area contributed by atoms with Gasteiger partial charge in [-0.05, 0) is 37.0 Å². The Balaban J connectivity index is 1.65. The number of carbonyl (C=O) groups is 1. The van der Waals surface area contributed by atoms with Gasteiger partial charge in [0.1, 0.15) is 6.10 Å². The maximum atomic E-state index is 11.5. The third-order valence-electron chi connectivity index (χ3n) is 3.44. The van der Waals surface area contributed by atoms with Gasteiger partial charge in [-0.25, -0.2) is 9.78 Å². The molecule has 2 rings (SSSR count). The van der Waals surface area contributed by atoms with Crippen LogP contribution in [0.2, 0.25) is 0 Å². The Labute approximate surface area is 125 Å². The summed E-state index contributed by atoms with van der Waals surface area (Å²) in [5.74, 6) is 0.826. The van der Waals surface area contributed by atoms with E-state index in [1.54, 1.807) is 0 Å². The summed E-state index contributed by atoms with van der Waals surface area (Å²) in [5.41, 5.74) is 1.33. The van der Waals surface area contributed by atoms with E-state index in [9.17, 15) is 4.79 Å². The summed E-state index contributed by atoms with van der Waals surface area (Å²) in [6.07, 6.45) is 4.41. The van der Waals surface area contributed by atoms with Crippen LogP contribution in [0.25, 0.3) is 0 Å². The largest absolute Gasteiger partial charge is 0.287 e. The molecule has 1 aromatic carbocycles. The minimum absolute atomic E-state index is 0.0606. The molecule has 3 nitrogen and oxygen atoms in total. The molecule has 0 N–H and O–H groups in total. The number of benzene rings is 1. The van der Waals surface area contributed by atoms with Crippen molar-refractivity contribution < 1.29 is 14.6 Å². The third-order valence-corrected chi connectivity index (χ3v) is 4.21. The van der Waals surface area contributed by atoms with Gasteiger partial charge in [0.05, 0.1) is 6.10 Å². The number of hydrogen-bond donors (Lipinski definition) is 0. The summed E-state index contributed by atoms with van der Waals surface area (Å²) in [4.78, 5) is 22.3. The first-order valence-corrected chi connectivity index (χ1v) is 8.28. The number of carbonyl (C=O) groups excluding carboxylic acids is 1. The number of aryl methyl sites for hydroxylation is 1. The Hall–Kier alpha value is -0.840. The maximum Gasteiger partial charge on any atom is 0.191 e. The Kier molecular flexibility index (Phi) is 6.57. The van der Waals surface area contributed by atoms with Gasteiger partial charge in [0.2, 0.25) is 0 Å². The van der Waals surface area contributed by atoms with E-state index in [4.69, 9.17) is 9.78 Å². The molecule has 0 aliphatic carbocycles. The quantitative estimate of drug-likeness (QED) is 0.748. The summed E-state index contributed by atoms with van der Waals surface area (Å²) in [6, 6.07) is 10.4. The van der Waals surface area contributed by atoms with Crippen LogP contribution in [0.4, 0.5) is 0 Å². The Bertz CT molecular complexity index is 399. The third kappa shape index (κ3) is 5.27. The zero-order valence-electron chi connectivity index (χ0n) is 11.9. The van der Waals surface area contributed by atoms with Crippen molar-refractivity contribution in [2.75, 3.05) is 5.75 Å². The van der Waals surface area contributed by atoms with Crippen molar-refractivity contribution in [3.63, 3.8) is 0 Å². The zero-order chi connectivity index (χ0) is 14.2. The second kappa shape index (κ2) is 8.45. The molecule has 2 unspecified atom stereocenters. The predicted molar refractivity (Wildman–Crippen MR) is 81.5 cm³/mol. The molecule has 0 saturated carbocycles. The van der Waals surface area contributed by atoms with Crippen LogP contribution in [0.5, 0.6) is 0 Å². The van der Waals surface area contributed by atoms with E-state index in [-0.39, 0.29) is 17.3 Å². The van der Waals surface area contributed by atoms with Crippen LogP contribution in [0.1, 0.15) is 38.2 Å². The lowest BCUT2D eigenvalue weighted by molar-refractivity contribution is -0.373. The van der Waals surface area contributed by atoms with Crippen molar-refractivity contribution in [1.82, 2.24) is 0 Å². The predicted octanol–water partition coefficient (Wildman–Crippen LogP) is 3.77. The fourth-order valence-electron chi connectivity index (χ4n) is 2.33. The molecule has 0 amide bonds. The zero-order valence-corrected chi connectivity index (χ0v) is 12.7. The molecule has 1 aromatic rings. The highest BCUT2D eigenvalue weighted by molar-refractivity contribution is 8.13. The first-order chi connectivity index (χ1) is 9.78. The van der Waals surface area contributed by atoms with Gasteiger partial charge in [0.15, 0.2) is 5.12 Å².